The molecule has 2 heterocycles. The third kappa shape index (κ3) is 5.83. The lowest BCUT2D eigenvalue weighted by Gasteiger charge is -2.34. The van der Waals surface area contributed by atoms with Crippen molar-refractivity contribution in [1.82, 2.24) is 14.8 Å². The highest BCUT2D eigenvalue weighted by Crippen LogP contribution is 2.15. The van der Waals surface area contributed by atoms with Crippen molar-refractivity contribution < 1.29 is 4.74 Å². The zero-order valence-electron chi connectivity index (χ0n) is 15.2. The highest BCUT2D eigenvalue weighted by atomic mass is 16.5. The van der Waals surface area contributed by atoms with Crippen LogP contribution in [0, 0.1) is 0 Å². The molecule has 0 N–H and O–H groups in total. The summed E-state index contributed by atoms with van der Waals surface area (Å²) in [5.41, 5.74) is 2.72. The Hall–Kier alpha value is -1.91. The monoisotopic (exact) mass is 339 g/mol. The lowest BCUT2D eigenvalue weighted by molar-refractivity contribution is 0.122. The van der Waals surface area contributed by atoms with Gasteiger partial charge in [-0.2, -0.15) is 0 Å². The molecule has 4 heteroatoms. The van der Waals surface area contributed by atoms with E-state index in [0.29, 0.717) is 0 Å². The number of hydrogen-bond acceptors (Lipinski definition) is 4. The van der Waals surface area contributed by atoms with Crippen molar-refractivity contribution >= 4 is 0 Å². The number of piperazine rings is 1. The maximum Gasteiger partial charge on any atom is 0.119 e. The molecule has 0 saturated carbocycles. The molecule has 1 aromatic heterocycles. The van der Waals surface area contributed by atoms with Gasteiger partial charge in [0.1, 0.15) is 5.75 Å². The maximum absolute atomic E-state index is 5.74. The van der Waals surface area contributed by atoms with E-state index in [9.17, 15) is 0 Å². The van der Waals surface area contributed by atoms with Crippen LogP contribution in [0.15, 0.2) is 48.8 Å². The first-order valence-corrected chi connectivity index (χ1v) is 9.39. The molecular weight excluding hydrogens is 310 g/mol. The summed E-state index contributed by atoms with van der Waals surface area (Å²) < 4.78 is 5.74. The Kier molecular flexibility index (Phi) is 6.83. The van der Waals surface area contributed by atoms with Crippen LogP contribution in [0.4, 0.5) is 0 Å². The van der Waals surface area contributed by atoms with Crippen LogP contribution < -0.4 is 4.74 Å². The summed E-state index contributed by atoms with van der Waals surface area (Å²) >= 11 is 0. The Morgan fingerprint density at radius 2 is 1.40 bits per heavy atom. The van der Waals surface area contributed by atoms with E-state index in [4.69, 9.17) is 4.74 Å². The molecule has 0 unspecified atom stereocenters. The van der Waals surface area contributed by atoms with Crippen molar-refractivity contribution in [3.8, 4) is 5.75 Å². The minimum absolute atomic E-state index is 0.815. The number of benzene rings is 1. The molecule has 2 aromatic rings. The quantitative estimate of drug-likeness (QED) is 0.687. The van der Waals surface area contributed by atoms with E-state index in [1.54, 1.807) is 0 Å². The van der Waals surface area contributed by atoms with E-state index in [1.165, 1.54) is 17.5 Å². The molecule has 1 saturated heterocycles. The second-order valence-electron chi connectivity index (χ2n) is 6.75. The van der Waals surface area contributed by atoms with Crippen molar-refractivity contribution in [2.75, 3.05) is 32.8 Å². The second-order valence-corrected chi connectivity index (χ2v) is 6.75. The molecule has 0 spiro atoms. The van der Waals surface area contributed by atoms with Crippen LogP contribution in [0.5, 0.6) is 5.75 Å². The fourth-order valence-electron chi connectivity index (χ4n) is 3.14. The van der Waals surface area contributed by atoms with Crippen molar-refractivity contribution in [2.24, 2.45) is 0 Å². The summed E-state index contributed by atoms with van der Waals surface area (Å²) in [5, 5.41) is 0. The van der Waals surface area contributed by atoms with E-state index >= 15 is 0 Å². The van der Waals surface area contributed by atoms with Gasteiger partial charge in [-0.05, 0) is 41.8 Å². The van der Waals surface area contributed by atoms with E-state index in [2.05, 4.69) is 58.1 Å². The first-order chi connectivity index (χ1) is 12.3. The van der Waals surface area contributed by atoms with Gasteiger partial charge in [0.25, 0.3) is 0 Å². The van der Waals surface area contributed by atoms with E-state index < -0.39 is 0 Å². The molecule has 0 aliphatic carbocycles. The van der Waals surface area contributed by atoms with Gasteiger partial charge in [-0.3, -0.25) is 14.8 Å². The lowest BCUT2D eigenvalue weighted by Crippen LogP contribution is -2.45. The maximum atomic E-state index is 5.74. The fraction of sp³-hybridized carbons (Fsp3) is 0.476. The summed E-state index contributed by atoms with van der Waals surface area (Å²) in [6.07, 6.45) is 6.04. The number of ether oxygens (including phenoxy) is 1. The SMILES string of the molecule is CCCCOc1ccc(CN2CCN(Cc3ccncc3)CC2)cc1. The Labute approximate surface area is 151 Å². The van der Waals surface area contributed by atoms with Crippen LogP contribution in [0.2, 0.25) is 0 Å². The molecule has 0 radical (unpaired) electrons. The second kappa shape index (κ2) is 9.54. The van der Waals surface area contributed by atoms with Gasteiger partial charge in [-0.1, -0.05) is 25.5 Å². The molecule has 0 atom stereocenters. The van der Waals surface area contributed by atoms with Crippen LogP contribution in [0.25, 0.3) is 0 Å². The van der Waals surface area contributed by atoms with Gasteiger partial charge in [0.05, 0.1) is 6.61 Å². The van der Waals surface area contributed by atoms with Crippen LogP contribution in [0.1, 0.15) is 30.9 Å². The standard InChI is InChI=1S/C21H29N3O/c1-2-3-16-25-21-6-4-19(5-7-21)17-23-12-14-24(15-13-23)18-20-8-10-22-11-9-20/h4-11H,2-3,12-18H2,1H3. The Bertz CT molecular complexity index is 607. The highest BCUT2D eigenvalue weighted by Gasteiger charge is 2.17. The molecule has 1 aliphatic rings. The van der Waals surface area contributed by atoms with Crippen molar-refractivity contribution in [1.29, 1.82) is 0 Å². The number of rotatable bonds is 8. The third-order valence-corrected chi connectivity index (χ3v) is 4.72. The average molecular weight is 339 g/mol. The molecule has 25 heavy (non-hydrogen) atoms. The molecule has 4 nitrogen and oxygen atoms in total. The van der Waals surface area contributed by atoms with Gasteiger partial charge in [0.2, 0.25) is 0 Å². The predicted molar refractivity (Wildman–Crippen MR) is 102 cm³/mol. The molecule has 0 amide bonds. The Morgan fingerprint density at radius 3 is 1.96 bits per heavy atom. The zero-order chi connectivity index (χ0) is 17.3. The smallest absolute Gasteiger partial charge is 0.119 e. The van der Waals surface area contributed by atoms with Gasteiger partial charge in [-0.25, -0.2) is 0 Å². The minimum Gasteiger partial charge on any atom is -0.494 e. The van der Waals surface area contributed by atoms with Crippen molar-refractivity contribution in [3.05, 3.63) is 59.9 Å². The lowest BCUT2D eigenvalue weighted by atomic mass is 10.2. The van der Waals surface area contributed by atoms with Crippen LogP contribution in [-0.4, -0.2) is 47.6 Å². The molecule has 3 rings (SSSR count). The number of pyridine rings is 1. The van der Waals surface area contributed by atoms with Gasteiger partial charge in [0, 0.05) is 51.7 Å². The van der Waals surface area contributed by atoms with Gasteiger partial charge in [-0.15, -0.1) is 0 Å². The van der Waals surface area contributed by atoms with Crippen molar-refractivity contribution in [2.45, 2.75) is 32.9 Å². The van der Waals surface area contributed by atoms with Crippen LogP contribution in [-0.2, 0) is 13.1 Å². The van der Waals surface area contributed by atoms with Crippen LogP contribution >= 0.6 is 0 Å². The number of hydrogen-bond donors (Lipinski definition) is 0. The number of unbranched alkanes of at least 4 members (excludes halogenated alkanes) is 1. The third-order valence-electron chi connectivity index (χ3n) is 4.72. The number of nitrogens with zero attached hydrogens (tertiary/aromatic N) is 3. The first-order valence-electron chi connectivity index (χ1n) is 9.39. The summed E-state index contributed by atoms with van der Waals surface area (Å²) in [5.74, 6) is 0.986. The van der Waals surface area contributed by atoms with Gasteiger partial charge >= 0.3 is 0 Å². The molecule has 1 aliphatic heterocycles. The topological polar surface area (TPSA) is 28.6 Å². The van der Waals surface area contributed by atoms with Crippen molar-refractivity contribution in [3.63, 3.8) is 0 Å². The molecule has 1 fully saturated rings. The molecule has 0 bridgehead atoms. The normalized spacial score (nSPS) is 16.0. The summed E-state index contributed by atoms with van der Waals surface area (Å²) in [7, 11) is 0. The predicted octanol–water partition coefficient (Wildman–Crippen LogP) is 3.58. The van der Waals surface area contributed by atoms with Crippen LogP contribution in [0.3, 0.4) is 0 Å². The Balaban J connectivity index is 1.41. The minimum atomic E-state index is 0.815. The van der Waals surface area contributed by atoms with E-state index in [-0.39, 0.29) is 0 Å². The average Bonchev–Trinajstić information content (AvgIpc) is 2.66. The first kappa shape index (κ1) is 17.9. The van der Waals surface area contributed by atoms with E-state index in [1.807, 2.05) is 12.4 Å². The molecular formula is C21H29N3O. The Morgan fingerprint density at radius 1 is 0.840 bits per heavy atom. The number of aromatic nitrogens is 1. The highest BCUT2D eigenvalue weighted by molar-refractivity contribution is 5.27. The zero-order valence-corrected chi connectivity index (χ0v) is 15.2. The van der Waals surface area contributed by atoms with E-state index in [0.717, 1.165) is 58.0 Å². The van der Waals surface area contributed by atoms with Gasteiger partial charge < -0.3 is 4.74 Å². The summed E-state index contributed by atoms with van der Waals surface area (Å²) in [6.45, 7) is 9.55. The molecule has 134 valence electrons. The van der Waals surface area contributed by atoms with Gasteiger partial charge in [0.15, 0.2) is 0 Å². The summed E-state index contributed by atoms with van der Waals surface area (Å²) in [6, 6.07) is 12.8. The molecule has 1 aromatic carbocycles. The largest absolute Gasteiger partial charge is 0.494 e. The summed E-state index contributed by atoms with van der Waals surface area (Å²) in [4.78, 5) is 9.15. The fourth-order valence-corrected chi connectivity index (χ4v) is 3.14.